The minimum Gasteiger partial charge on any atom is -0.509 e. The number of rotatable bonds is 10. The van der Waals surface area contributed by atoms with E-state index in [0.29, 0.717) is 34.1 Å². The van der Waals surface area contributed by atoms with E-state index in [9.17, 15) is 13.7 Å². The summed E-state index contributed by atoms with van der Waals surface area (Å²) in [6, 6.07) is 45.7. The van der Waals surface area contributed by atoms with Gasteiger partial charge in [0.1, 0.15) is 5.82 Å². The second kappa shape index (κ2) is 19.4. The zero-order chi connectivity index (χ0) is 57.8. The second-order valence-electron chi connectivity index (χ2n) is 20.2. The molecule has 0 spiro atoms. The summed E-state index contributed by atoms with van der Waals surface area (Å²) in [5.74, 6) is 0.815. The first-order valence-electron chi connectivity index (χ1n) is 29.0. The summed E-state index contributed by atoms with van der Waals surface area (Å²) in [5, 5.41) is 2.02. The number of fused-ring (bicyclic) bond motifs is 4. The Balaban J connectivity index is 0.00000753. The number of ether oxygens (including phenoxy) is 1. The minimum absolute atomic E-state index is 0. The Hall–Kier alpha value is -7.20. The Morgan fingerprint density at radius 2 is 1.29 bits per heavy atom. The van der Waals surface area contributed by atoms with Crippen LogP contribution in [0.25, 0.3) is 61.0 Å². The molecule has 0 saturated heterocycles. The van der Waals surface area contributed by atoms with Crippen LogP contribution in [0, 0.1) is 24.7 Å². The molecule has 6 heteroatoms. The molecule has 0 unspecified atom stereocenters. The molecule has 0 saturated carbocycles. The standard InChI is InChI=1S/C66H59N4O.Pt/c1-44(2)36-45-37-49(39-51(38-45)66(6,7)8)56-24-17-23-55(48-30-28-47(29-31-48)46-18-10-9-11-19-46)64(56)69-43-68(60-26-14-15-27-61(60)69)52-20-16-21-53(41-52)71-54-32-33-58-57-22-12-13-25-59(57)70(62(58)42-54)63-40-50(34-35-67-63)65(3,4)5;/h9-35,37-40,43-44H,36H2,1-8H3;/q-3;/i17D,23D,24D,30D,31D,36D2,37D,38D,39D;. The van der Waals surface area contributed by atoms with E-state index >= 15 is 0 Å². The number of benzene rings is 8. The van der Waals surface area contributed by atoms with E-state index in [0.717, 1.165) is 38.8 Å². The van der Waals surface area contributed by atoms with Gasteiger partial charge in [-0.25, -0.2) is 4.98 Å². The van der Waals surface area contributed by atoms with Gasteiger partial charge >= 0.3 is 0 Å². The monoisotopic (exact) mass is 1130 g/mol. The van der Waals surface area contributed by atoms with Crippen molar-refractivity contribution in [1.29, 1.82) is 0 Å². The smallest absolute Gasteiger partial charge is 0.135 e. The second-order valence-corrected chi connectivity index (χ2v) is 20.2. The van der Waals surface area contributed by atoms with Gasteiger partial charge in [0, 0.05) is 75.2 Å². The Kier molecular flexibility index (Phi) is 10.1. The van der Waals surface area contributed by atoms with Crippen LogP contribution in [0.1, 0.15) is 85.8 Å². The molecule has 72 heavy (non-hydrogen) atoms. The molecule has 0 radical (unpaired) electrons. The molecular weight excluding hydrogens is 1060 g/mol. The number of pyridine rings is 1. The third kappa shape index (κ3) is 9.39. The number of hydrogen-bond acceptors (Lipinski definition) is 4. The van der Waals surface area contributed by atoms with E-state index < -0.39 is 41.9 Å². The molecule has 5 nitrogen and oxygen atoms in total. The fourth-order valence-electron chi connectivity index (χ4n) is 9.07. The number of hydrogen-bond donors (Lipinski definition) is 0. The van der Waals surface area contributed by atoms with Gasteiger partial charge in [-0.2, -0.15) is 12.1 Å². The molecule has 0 fully saturated rings. The van der Waals surface area contributed by atoms with E-state index in [4.69, 9.17) is 9.72 Å². The number of anilines is 4. The van der Waals surface area contributed by atoms with Crippen molar-refractivity contribution in [3.8, 4) is 50.7 Å². The van der Waals surface area contributed by atoms with Gasteiger partial charge in [-0.05, 0) is 97.8 Å². The van der Waals surface area contributed by atoms with Gasteiger partial charge < -0.3 is 19.1 Å². The maximum atomic E-state index is 10.0. The molecular formula is C66H59N4OPt-3. The van der Waals surface area contributed by atoms with Crippen LogP contribution in [0.2, 0.25) is 0 Å². The molecule has 0 aliphatic carbocycles. The van der Waals surface area contributed by atoms with Crippen LogP contribution in [0.4, 0.5) is 22.7 Å². The Labute approximate surface area is 454 Å². The van der Waals surface area contributed by atoms with E-state index in [-0.39, 0.29) is 89.7 Å². The molecule has 11 rings (SSSR count). The van der Waals surface area contributed by atoms with Crippen molar-refractivity contribution in [3.05, 3.63) is 223 Å². The summed E-state index contributed by atoms with van der Waals surface area (Å²) in [6.07, 6.45) is -0.430. The number of para-hydroxylation sites is 4. The zero-order valence-electron chi connectivity index (χ0n) is 51.4. The molecule has 3 heterocycles. The van der Waals surface area contributed by atoms with Crippen molar-refractivity contribution in [1.82, 2.24) is 9.55 Å². The Morgan fingerprint density at radius 1 is 0.625 bits per heavy atom. The maximum Gasteiger partial charge on any atom is 0.135 e. The fourth-order valence-corrected chi connectivity index (χ4v) is 9.07. The van der Waals surface area contributed by atoms with E-state index in [1.54, 1.807) is 43.6 Å². The number of aromatic nitrogens is 2. The Morgan fingerprint density at radius 3 is 2.03 bits per heavy atom. The quantitative estimate of drug-likeness (QED) is 0.128. The summed E-state index contributed by atoms with van der Waals surface area (Å²) in [5.41, 5.74) is 4.24. The maximum absolute atomic E-state index is 10.0. The molecule has 0 bridgehead atoms. The summed E-state index contributed by atoms with van der Waals surface area (Å²) in [6.45, 7) is 17.0. The largest absolute Gasteiger partial charge is 0.509 e. The molecule has 8 aromatic carbocycles. The van der Waals surface area contributed by atoms with Crippen molar-refractivity contribution in [2.24, 2.45) is 5.92 Å². The molecule has 0 atom stereocenters. The average molecular weight is 1130 g/mol. The SMILES string of the molecule is [2H]c1cc(-c2ccccc2)cc([2H])c1-c1c([2H])c([2H])c([2H])c(-c2c([2H])c(C(C)(C)C)c([2H])c(C([2H])([2H])C(C)C)c2[2H])c1N1[CH-]N(c2[c-]c(Oc3[c-]c4c(cc3)c3ccccc3n4-c3cc(C(C)(C)C)ccn3)ccc2)c2ccccc21.[Pt]. The molecule has 1 aliphatic heterocycles. The summed E-state index contributed by atoms with van der Waals surface area (Å²) >= 11 is 0. The first kappa shape index (κ1) is 37.6. The van der Waals surface area contributed by atoms with E-state index in [1.165, 1.54) is 0 Å². The molecule has 362 valence electrons. The Bertz CT molecular complexity index is 4150. The van der Waals surface area contributed by atoms with E-state index in [1.807, 2.05) is 129 Å². The van der Waals surface area contributed by atoms with Gasteiger partial charge in [0.2, 0.25) is 0 Å². The molecule has 0 N–H and O–H groups in total. The topological polar surface area (TPSA) is 33.5 Å². The third-order valence-corrected chi connectivity index (χ3v) is 12.6. The molecule has 2 aromatic heterocycles. The van der Waals surface area contributed by atoms with E-state index in [2.05, 4.69) is 55.7 Å². The molecule has 0 amide bonds. The average Bonchev–Trinajstić information content (AvgIpc) is 2.62. The van der Waals surface area contributed by atoms with Gasteiger partial charge in [-0.1, -0.05) is 182 Å². The first-order chi connectivity index (χ1) is 38.4. The number of nitrogens with zero attached hydrogens (tertiary/aromatic N) is 4. The van der Waals surface area contributed by atoms with Crippen molar-refractivity contribution < 1.29 is 39.5 Å². The zero-order valence-corrected chi connectivity index (χ0v) is 43.7. The van der Waals surface area contributed by atoms with Crippen LogP contribution >= 0.6 is 0 Å². The van der Waals surface area contributed by atoms with Gasteiger partial charge in [0.15, 0.2) is 0 Å². The summed E-state index contributed by atoms with van der Waals surface area (Å²) in [7, 11) is 0. The summed E-state index contributed by atoms with van der Waals surface area (Å²) in [4.78, 5) is 8.38. The third-order valence-electron chi connectivity index (χ3n) is 12.6. The fraction of sp³-hybridized carbons (Fsp3) is 0.182. The first-order valence-corrected chi connectivity index (χ1v) is 24.0. The van der Waals surface area contributed by atoms with Crippen LogP contribution in [-0.4, -0.2) is 9.55 Å². The van der Waals surface area contributed by atoms with Crippen LogP contribution in [0.3, 0.4) is 0 Å². The van der Waals surface area contributed by atoms with Crippen LogP contribution in [0.15, 0.2) is 188 Å². The van der Waals surface area contributed by atoms with Crippen molar-refractivity contribution in [2.45, 2.75) is 72.6 Å². The van der Waals surface area contributed by atoms with Crippen LogP contribution < -0.4 is 14.5 Å². The van der Waals surface area contributed by atoms with Gasteiger partial charge in [-0.3, -0.25) is 0 Å². The molecule has 1 aliphatic rings. The predicted octanol–water partition coefficient (Wildman–Crippen LogP) is 17.8. The van der Waals surface area contributed by atoms with Gasteiger partial charge in [0.05, 0.1) is 11.0 Å². The van der Waals surface area contributed by atoms with Crippen LogP contribution in [-0.2, 0) is 38.3 Å². The van der Waals surface area contributed by atoms with Crippen molar-refractivity contribution >= 4 is 44.6 Å². The minimum atomic E-state index is -2.26. The van der Waals surface area contributed by atoms with Crippen LogP contribution in [0.5, 0.6) is 11.5 Å². The normalized spacial score (nSPS) is 14.8. The van der Waals surface area contributed by atoms with Crippen molar-refractivity contribution in [2.75, 3.05) is 9.80 Å². The predicted molar refractivity (Wildman–Crippen MR) is 296 cm³/mol. The summed E-state index contributed by atoms with van der Waals surface area (Å²) < 4.78 is 106. The molecule has 10 aromatic rings. The van der Waals surface area contributed by atoms with Crippen molar-refractivity contribution in [3.63, 3.8) is 0 Å². The van der Waals surface area contributed by atoms with Gasteiger partial charge in [0.25, 0.3) is 0 Å². The van der Waals surface area contributed by atoms with Gasteiger partial charge in [-0.15, -0.1) is 48.1 Å².